The van der Waals surface area contributed by atoms with Crippen molar-refractivity contribution in [3.05, 3.63) is 65.4 Å². The normalized spacial score (nSPS) is 17.2. The smallest absolute Gasteiger partial charge is 0.255 e. The summed E-state index contributed by atoms with van der Waals surface area (Å²) in [5, 5.41) is 0.988. The highest BCUT2D eigenvalue weighted by atomic mass is 16.2. The second kappa shape index (κ2) is 6.24. The third kappa shape index (κ3) is 3.09. The molecular formula is C20H20N4O. The first-order chi connectivity index (χ1) is 12.1. The molecule has 1 fully saturated rings. The second-order valence-electron chi connectivity index (χ2n) is 6.66. The molecule has 1 saturated heterocycles. The number of benzene rings is 1. The van der Waals surface area contributed by atoms with Gasteiger partial charge < -0.3 is 4.90 Å². The van der Waals surface area contributed by atoms with Crippen LogP contribution in [0.15, 0.2) is 42.6 Å². The highest BCUT2D eigenvalue weighted by Gasteiger charge is 2.30. The van der Waals surface area contributed by atoms with E-state index in [0.29, 0.717) is 12.1 Å². The molecule has 5 nitrogen and oxygen atoms in total. The molecule has 0 bridgehead atoms. The van der Waals surface area contributed by atoms with Crippen LogP contribution in [0, 0.1) is 13.8 Å². The molecule has 5 heteroatoms. The number of hydrogen-bond donors (Lipinski definition) is 0. The van der Waals surface area contributed by atoms with Crippen LogP contribution in [0.5, 0.6) is 0 Å². The van der Waals surface area contributed by atoms with Crippen molar-refractivity contribution in [2.45, 2.75) is 26.2 Å². The van der Waals surface area contributed by atoms with Gasteiger partial charge >= 0.3 is 0 Å². The maximum absolute atomic E-state index is 12.8. The summed E-state index contributed by atoms with van der Waals surface area (Å²) in [6.45, 7) is 5.36. The third-order valence-electron chi connectivity index (χ3n) is 4.68. The average Bonchev–Trinajstić information content (AvgIpc) is 3.10. The summed E-state index contributed by atoms with van der Waals surface area (Å²) in [6.07, 6.45) is 2.57. The Hall–Kier alpha value is -2.82. The first-order valence-corrected chi connectivity index (χ1v) is 8.56. The fraction of sp³-hybridized carbons (Fsp3) is 0.300. The molecule has 0 aliphatic carbocycles. The van der Waals surface area contributed by atoms with Gasteiger partial charge in [0.1, 0.15) is 5.82 Å². The first-order valence-electron chi connectivity index (χ1n) is 8.56. The number of carbonyl (C=O) groups is 1. The molecule has 0 radical (unpaired) electrons. The molecule has 25 heavy (non-hydrogen) atoms. The van der Waals surface area contributed by atoms with Gasteiger partial charge in [0, 0.05) is 42.0 Å². The second-order valence-corrected chi connectivity index (χ2v) is 6.66. The molecule has 0 unspecified atom stereocenters. The monoisotopic (exact) mass is 332 g/mol. The molecule has 1 aliphatic rings. The Morgan fingerprint density at radius 1 is 1.12 bits per heavy atom. The summed E-state index contributed by atoms with van der Waals surface area (Å²) in [7, 11) is 0. The number of amides is 1. The van der Waals surface area contributed by atoms with Crippen LogP contribution in [0.4, 0.5) is 0 Å². The van der Waals surface area contributed by atoms with Crippen molar-refractivity contribution in [2.75, 3.05) is 13.1 Å². The van der Waals surface area contributed by atoms with Gasteiger partial charge in [-0.1, -0.05) is 18.2 Å². The molecular weight excluding hydrogens is 312 g/mol. The average molecular weight is 332 g/mol. The quantitative estimate of drug-likeness (QED) is 0.723. The first kappa shape index (κ1) is 15.7. The molecule has 126 valence electrons. The SMILES string of the molecule is Cc1cc(C)nc([C@H]2CCN(C(=O)c3cnc4ccccc4c3)C2)n1. The van der Waals surface area contributed by atoms with Crippen molar-refractivity contribution in [1.82, 2.24) is 19.9 Å². The summed E-state index contributed by atoms with van der Waals surface area (Å²) < 4.78 is 0. The van der Waals surface area contributed by atoms with E-state index in [9.17, 15) is 4.79 Å². The van der Waals surface area contributed by atoms with Crippen molar-refractivity contribution in [3.8, 4) is 0 Å². The lowest BCUT2D eigenvalue weighted by Crippen LogP contribution is -2.28. The van der Waals surface area contributed by atoms with Gasteiger partial charge in [-0.05, 0) is 38.5 Å². The van der Waals surface area contributed by atoms with Crippen LogP contribution < -0.4 is 0 Å². The molecule has 1 aromatic carbocycles. The van der Waals surface area contributed by atoms with E-state index >= 15 is 0 Å². The van der Waals surface area contributed by atoms with Crippen molar-refractivity contribution in [3.63, 3.8) is 0 Å². The minimum atomic E-state index is 0.0325. The Bertz CT molecular complexity index is 933. The molecule has 1 atom stereocenters. The predicted molar refractivity (Wildman–Crippen MR) is 96.5 cm³/mol. The van der Waals surface area contributed by atoms with Gasteiger partial charge in [-0.2, -0.15) is 0 Å². The van der Waals surface area contributed by atoms with E-state index in [1.54, 1.807) is 6.20 Å². The van der Waals surface area contributed by atoms with E-state index in [1.165, 1.54) is 0 Å². The fourth-order valence-electron chi connectivity index (χ4n) is 3.46. The number of aromatic nitrogens is 3. The Morgan fingerprint density at radius 2 is 1.88 bits per heavy atom. The maximum Gasteiger partial charge on any atom is 0.255 e. The van der Waals surface area contributed by atoms with Gasteiger partial charge in [0.05, 0.1) is 11.1 Å². The standard InChI is InChI=1S/C20H20N4O/c1-13-9-14(2)23-19(22-13)16-7-8-24(12-16)20(25)17-10-15-5-3-4-6-18(15)21-11-17/h3-6,9-11,16H,7-8,12H2,1-2H3/t16-/m0/s1. The molecule has 2 aromatic heterocycles. The van der Waals surface area contributed by atoms with Gasteiger partial charge in [-0.15, -0.1) is 0 Å². The number of rotatable bonds is 2. The van der Waals surface area contributed by atoms with Crippen LogP contribution in [0.25, 0.3) is 10.9 Å². The van der Waals surface area contributed by atoms with Gasteiger partial charge in [0.15, 0.2) is 0 Å². The number of pyridine rings is 1. The molecule has 1 amide bonds. The van der Waals surface area contributed by atoms with Crippen molar-refractivity contribution >= 4 is 16.8 Å². The fourth-order valence-corrected chi connectivity index (χ4v) is 3.46. The Balaban J connectivity index is 1.55. The molecule has 0 saturated carbocycles. The summed E-state index contributed by atoms with van der Waals surface area (Å²) in [5.41, 5.74) is 3.50. The Kier molecular flexibility index (Phi) is 3.92. The third-order valence-corrected chi connectivity index (χ3v) is 4.68. The number of nitrogens with zero attached hydrogens (tertiary/aromatic N) is 4. The zero-order chi connectivity index (χ0) is 17.4. The molecule has 3 aromatic rings. The Morgan fingerprint density at radius 3 is 2.68 bits per heavy atom. The van der Waals surface area contributed by atoms with Gasteiger partial charge in [-0.25, -0.2) is 9.97 Å². The lowest BCUT2D eigenvalue weighted by Gasteiger charge is -2.16. The summed E-state index contributed by atoms with van der Waals surface area (Å²) >= 11 is 0. The van der Waals surface area contributed by atoms with E-state index in [4.69, 9.17) is 0 Å². The number of likely N-dealkylation sites (tertiary alicyclic amines) is 1. The van der Waals surface area contributed by atoms with Gasteiger partial charge in [-0.3, -0.25) is 9.78 Å². The van der Waals surface area contributed by atoms with E-state index in [0.717, 1.165) is 41.1 Å². The number of fused-ring (bicyclic) bond motifs is 1. The molecule has 0 N–H and O–H groups in total. The summed E-state index contributed by atoms with van der Waals surface area (Å²) in [5.74, 6) is 1.09. The van der Waals surface area contributed by atoms with Crippen molar-refractivity contribution in [1.29, 1.82) is 0 Å². The predicted octanol–water partition coefficient (Wildman–Crippen LogP) is 3.27. The van der Waals surface area contributed by atoms with Crippen molar-refractivity contribution in [2.24, 2.45) is 0 Å². The zero-order valence-corrected chi connectivity index (χ0v) is 14.4. The summed E-state index contributed by atoms with van der Waals surface area (Å²) in [4.78, 5) is 28.3. The van der Waals surface area contributed by atoms with E-state index < -0.39 is 0 Å². The lowest BCUT2D eigenvalue weighted by atomic mass is 10.1. The highest BCUT2D eigenvalue weighted by molar-refractivity contribution is 5.97. The van der Waals surface area contributed by atoms with Gasteiger partial charge in [0.25, 0.3) is 5.91 Å². The van der Waals surface area contributed by atoms with Crippen LogP contribution in [-0.2, 0) is 0 Å². The van der Waals surface area contributed by atoms with Crippen molar-refractivity contribution < 1.29 is 4.79 Å². The topological polar surface area (TPSA) is 59.0 Å². The molecule has 1 aliphatic heterocycles. The van der Waals surface area contributed by atoms with Crippen LogP contribution in [-0.4, -0.2) is 38.8 Å². The van der Waals surface area contributed by atoms with Crippen LogP contribution in [0.2, 0.25) is 0 Å². The van der Waals surface area contributed by atoms with E-state index in [1.807, 2.05) is 55.1 Å². The van der Waals surface area contributed by atoms with Gasteiger partial charge in [0.2, 0.25) is 0 Å². The highest BCUT2D eigenvalue weighted by Crippen LogP contribution is 2.26. The molecule has 0 spiro atoms. The maximum atomic E-state index is 12.8. The number of hydrogen-bond acceptors (Lipinski definition) is 4. The lowest BCUT2D eigenvalue weighted by molar-refractivity contribution is 0.0790. The summed E-state index contributed by atoms with van der Waals surface area (Å²) in [6, 6.07) is 11.7. The van der Waals surface area contributed by atoms with Crippen LogP contribution >= 0.6 is 0 Å². The number of para-hydroxylation sites is 1. The van der Waals surface area contributed by atoms with Crippen LogP contribution in [0.3, 0.4) is 0 Å². The minimum Gasteiger partial charge on any atom is -0.338 e. The largest absolute Gasteiger partial charge is 0.338 e. The Labute approximate surface area is 146 Å². The van der Waals surface area contributed by atoms with Crippen LogP contribution in [0.1, 0.15) is 39.9 Å². The van der Waals surface area contributed by atoms with E-state index in [-0.39, 0.29) is 11.8 Å². The molecule has 3 heterocycles. The number of aryl methyl sites for hydroxylation is 2. The van der Waals surface area contributed by atoms with E-state index in [2.05, 4.69) is 15.0 Å². The minimum absolute atomic E-state index is 0.0325. The molecule has 4 rings (SSSR count). The number of carbonyl (C=O) groups excluding carboxylic acids is 1. The zero-order valence-electron chi connectivity index (χ0n) is 14.4.